The van der Waals surface area contributed by atoms with Crippen molar-refractivity contribution >= 4 is 0 Å². The van der Waals surface area contributed by atoms with Gasteiger partial charge in [-0.25, -0.2) is 0 Å². The number of nitrogens with zero attached hydrogens (tertiary/aromatic N) is 1. The number of nitrogens with two attached hydrogens (primary N) is 1. The van der Waals surface area contributed by atoms with E-state index in [1.165, 1.54) is 12.8 Å². The third kappa shape index (κ3) is 8.03. The Balaban J connectivity index is 3.18. The Bertz CT molecular complexity index is 173. The number of rotatable bonds is 8. The lowest BCUT2D eigenvalue weighted by Crippen LogP contribution is -2.33. The minimum absolute atomic E-state index is 0.301. The van der Waals surface area contributed by atoms with Crippen LogP contribution in [0.5, 0.6) is 0 Å². The van der Waals surface area contributed by atoms with Crippen LogP contribution in [0.1, 0.15) is 51.9 Å². The first-order valence-electron chi connectivity index (χ1n) is 5.43. The van der Waals surface area contributed by atoms with Gasteiger partial charge in [0.2, 0.25) is 0 Å². The normalized spacial score (nSPS) is 14.7. The van der Waals surface area contributed by atoms with Crippen molar-refractivity contribution in [2.24, 2.45) is 5.73 Å². The van der Waals surface area contributed by atoms with Crippen molar-refractivity contribution in [3.8, 4) is 6.07 Å². The molecule has 1 unspecified atom stereocenters. The zero-order valence-electron chi connectivity index (χ0n) is 9.13. The molecular weight excluding hydrogens is 176 g/mol. The van der Waals surface area contributed by atoms with Crippen molar-refractivity contribution in [2.75, 3.05) is 6.61 Å². The van der Waals surface area contributed by atoms with Crippen LogP contribution in [0.3, 0.4) is 0 Å². The molecule has 1 atom stereocenters. The van der Waals surface area contributed by atoms with E-state index in [9.17, 15) is 0 Å². The predicted octanol–water partition coefficient (Wildman–Crippen LogP) is 1.95. The molecule has 0 aromatic heterocycles. The highest BCUT2D eigenvalue weighted by Crippen LogP contribution is 2.12. The Labute approximate surface area is 86.9 Å². The van der Waals surface area contributed by atoms with E-state index in [0.717, 1.165) is 32.1 Å². The second-order valence-electron chi connectivity index (χ2n) is 4.12. The molecule has 0 aromatic carbocycles. The molecular formula is C11H22N2O. The van der Waals surface area contributed by atoms with Gasteiger partial charge in [-0.05, 0) is 19.8 Å². The molecule has 0 radical (unpaired) electrons. The van der Waals surface area contributed by atoms with Gasteiger partial charge in [0.05, 0.1) is 6.07 Å². The highest BCUT2D eigenvalue weighted by atomic mass is 16.2. The number of unbranched alkanes of at least 4 members (excludes halogenated alkanes) is 5. The highest BCUT2D eigenvalue weighted by Gasteiger charge is 2.15. The lowest BCUT2D eigenvalue weighted by molar-refractivity contribution is 0.282. The quantitative estimate of drug-likeness (QED) is 0.586. The summed E-state index contributed by atoms with van der Waals surface area (Å²) in [6.07, 6.45) is 7.32. The van der Waals surface area contributed by atoms with Crippen LogP contribution >= 0.6 is 0 Å². The average Bonchev–Trinajstić information content (AvgIpc) is 2.16. The lowest BCUT2D eigenvalue weighted by atomic mass is 9.97. The van der Waals surface area contributed by atoms with Gasteiger partial charge in [0, 0.05) is 6.61 Å². The highest BCUT2D eigenvalue weighted by molar-refractivity contribution is 5.00. The molecule has 14 heavy (non-hydrogen) atoms. The van der Waals surface area contributed by atoms with E-state index in [-0.39, 0.29) is 0 Å². The van der Waals surface area contributed by atoms with Crippen LogP contribution < -0.4 is 5.73 Å². The second-order valence-corrected chi connectivity index (χ2v) is 4.12. The summed E-state index contributed by atoms with van der Waals surface area (Å²) >= 11 is 0. The number of hydrogen-bond acceptors (Lipinski definition) is 3. The van der Waals surface area contributed by atoms with Gasteiger partial charge in [0.15, 0.2) is 0 Å². The first-order chi connectivity index (χ1) is 6.62. The standard InChI is InChI=1S/C11H22N2O/c1-11(13,10-12)8-6-4-2-3-5-7-9-14/h14H,2-9,13H2,1H3. The van der Waals surface area contributed by atoms with Gasteiger partial charge >= 0.3 is 0 Å². The summed E-state index contributed by atoms with van der Waals surface area (Å²) in [5, 5.41) is 17.2. The number of hydrogen-bond donors (Lipinski definition) is 2. The van der Waals surface area contributed by atoms with Crippen molar-refractivity contribution in [3.05, 3.63) is 0 Å². The molecule has 3 N–H and O–H groups in total. The SMILES string of the molecule is CC(N)(C#N)CCCCCCCCO. The van der Waals surface area contributed by atoms with E-state index >= 15 is 0 Å². The fourth-order valence-corrected chi connectivity index (χ4v) is 1.37. The monoisotopic (exact) mass is 198 g/mol. The minimum Gasteiger partial charge on any atom is -0.396 e. The van der Waals surface area contributed by atoms with Crippen molar-refractivity contribution in [1.82, 2.24) is 0 Å². The van der Waals surface area contributed by atoms with Crippen molar-refractivity contribution in [1.29, 1.82) is 5.26 Å². The predicted molar refractivity (Wildman–Crippen MR) is 57.6 cm³/mol. The smallest absolute Gasteiger partial charge is 0.101 e. The van der Waals surface area contributed by atoms with Crippen LogP contribution in [0.4, 0.5) is 0 Å². The van der Waals surface area contributed by atoms with E-state index in [4.69, 9.17) is 16.1 Å². The van der Waals surface area contributed by atoms with Gasteiger partial charge in [-0.3, -0.25) is 0 Å². The van der Waals surface area contributed by atoms with Crippen molar-refractivity contribution in [2.45, 2.75) is 57.4 Å². The van der Waals surface area contributed by atoms with E-state index in [1.54, 1.807) is 6.92 Å². The summed E-state index contributed by atoms with van der Waals surface area (Å²) < 4.78 is 0. The Hall–Kier alpha value is -0.590. The van der Waals surface area contributed by atoms with Gasteiger partial charge in [0.1, 0.15) is 5.54 Å². The zero-order chi connectivity index (χ0) is 10.9. The van der Waals surface area contributed by atoms with E-state index in [2.05, 4.69) is 6.07 Å². The largest absolute Gasteiger partial charge is 0.396 e. The van der Waals surface area contributed by atoms with Crippen LogP contribution in [0.2, 0.25) is 0 Å². The fourth-order valence-electron chi connectivity index (χ4n) is 1.37. The molecule has 3 nitrogen and oxygen atoms in total. The molecule has 0 bridgehead atoms. The molecule has 3 heteroatoms. The number of aliphatic hydroxyl groups is 1. The molecule has 0 aliphatic carbocycles. The summed E-state index contributed by atoms with van der Waals surface area (Å²) in [7, 11) is 0. The van der Waals surface area contributed by atoms with Gasteiger partial charge < -0.3 is 10.8 Å². The van der Waals surface area contributed by atoms with Gasteiger partial charge in [-0.15, -0.1) is 0 Å². The number of nitriles is 1. The Morgan fingerprint density at radius 2 is 1.64 bits per heavy atom. The van der Waals surface area contributed by atoms with Gasteiger partial charge in [-0.1, -0.05) is 32.1 Å². The molecule has 0 saturated carbocycles. The first kappa shape index (κ1) is 13.4. The summed E-state index contributed by atoms with van der Waals surface area (Å²) in [4.78, 5) is 0. The average molecular weight is 198 g/mol. The summed E-state index contributed by atoms with van der Waals surface area (Å²) in [6.45, 7) is 2.08. The van der Waals surface area contributed by atoms with Crippen molar-refractivity contribution < 1.29 is 5.11 Å². The zero-order valence-corrected chi connectivity index (χ0v) is 9.13. The van der Waals surface area contributed by atoms with E-state index < -0.39 is 5.54 Å². The van der Waals surface area contributed by atoms with Crippen LogP contribution in [-0.2, 0) is 0 Å². The third-order valence-electron chi connectivity index (χ3n) is 2.36. The second kappa shape index (κ2) is 7.78. The minimum atomic E-state index is -0.648. The molecule has 0 rings (SSSR count). The maximum Gasteiger partial charge on any atom is 0.101 e. The summed E-state index contributed by atoms with van der Waals surface area (Å²) in [5.74, 6) is 0. The first-order valence-corrected chi connectivity index (χ1v) is 5.43. The third-order valence-corrected chi connectivity index (χ3v) is 2.36. The van der Waals surface area contributed by atoms with Crippen LogP contribution in [0.25, 0.3) is 0 Å². The molecule has 0 aliphatic rings. The van der Waals surface area contributed by atoms with Crippen LogP contribution in [0.15, 0.2) is 0 Å². The van der Waals surface area contributed by atoms with Gasteiger partial charge in [0.25, 0.3) is 0 Å². The van der Waals surface area contributed by atoms with Crippen molar-refractivity contribution in [3.63, 3.8) is 0 Å². The topological polar surface area (TPSA) is 70.0 Å². The molecule has 0 aliphatic heterocycles. The Morgan fingerprint density at radius 1 is 1.14 bits per heavy atom. The number of aliphatic hydroxyl groups excluding tert-OH is 1. The molecule has 0 saturated heterocycles. The molecule has 0 heterocycles. The van der Waals surface area contributed by atoms with Crippen LogP contribution in [0, 0.1) is 11.3 Å². The molecule has 0 amide bonds. The molecule has 0 aromatic rings. The van der Waals surface area contributed by atoms with E-state index in [0.29, 0.717) is 6.61 Å². The molecule has 0 spiro atoms. The fraction of sp³-hybridized carbons (Fsp3) is 0.909. The van der Waals surface area contributed by atoms with E-state index in [1.807, 2.05) is 0 Å². The summed E-state index contributed by atoms with van der Waals surface area (Å²) in [6, 6.07) is 2.10. The lowest BCUT2D eigenvalue weighted by Gasteiger charge is -2.14. The maximum atomic E-state index is 8.66. The Kier molecular flexibility index (Phi) is 7.45. The Morgan fingerprint density at radius 3 is 2.14 bits per heavy atom. The maximum absolute atomic E-state index is 8.66. The molecule has 82 valence electrons. The summed E-state index contributed by atoms with van der Waals surface area (Å²) in [5.41, 5.74) is 5.04. The molecule has 0 fully saturated rings. The van der Waals surface area contributed by atoms with Crippen LogP contribution in [-0.4, -0.2) is 17.3 Å². The van der Waals surface area contributed by atoms with Gasteiger partial charge in [-0.2, -0.15) is 5.26 Å².